The Labute approximate surface area is 232 Å². The highest BCUT2D eigenvalue weighted by Crippen LogP contribution is 2.33. The molecular formula is C27H29Cl2N7S. The number of hydrogen-bond acceptors (Lipinski definition) is 6. The first-order valence-electron chi connectivity index (χ1n) is 12.5. The molecule has 0 spiro atoms. The zero-order valence-corrected chi connectivity index (χ0v) is 23.3. The van der Waals surface area contributed by atoms with Crippen molar-refractivity contribution >= 4 is 41.4 Å². The topological polar surface area (TPSA) is 55.0 Å². The molecule has 37 heavy (non-hydrogen) atoms. The standard InChI is InChI=1S/C27H29Cl2N7S/c1-3-19-7-5-8-20(4-2)24(19)36-25(22-10-9-21(28)17-23(22)29)32-35(27(36)37)18-33-13-15-34(16-14-33)26-30-11-6-12-31-26/h5-12,17H,3-4,13-16,18H2,1-2H3. The molecule has 192 valence electrons. The van der Waals surface area contributed by atoms with Crippen LogP contribution in [0.1, 0.15) is 25.0 Å². The van der Waals surface area contributed by atoms with E-state index in [0.717, 1.165) is 62.0 Å². The van der Waals surface area contributed by atoms with Gasteiger partial charge in [-0.25, -0.2) is 14.6 Å². The molecule has 3 heterocycles. The van der Waals surface area contributed by atoms with Gasteiger partial charge in [-0.15, -0.1) is 5.10 Å². The maximum absolute atomic E-state index is 6.69. The lowest BCUT2D eigenvalue weighted by atomic mass is 10.0. The van der Waals surface area contributed by atoms with Crippen LogP contribution < -0.4 is 4.90 Å². The second-order valence-electron chi connectivity index (χ2n) is 8.99. The minimum Gasteiger partial charge on any atom is -0.338 e. The molecule has 1 fully saturated rings. The predicted octanol–water partition coefficient (Wildman–Crippen LogP) is 6.07. The molecule has 0 N–H and O–H groups in total. The highest BCUT2D eigenvalue weighted by Gasteiger charge is 2.24. The summed E-state index contributed by atoms with van der Waals surface area (Å²) in [5.41, 5.74) is 4.33. The van der Waals surface area contributed by atoms with E-state index in [1.165, 1.54) is 11.1 Å². The number of anilines is 1. The molecule has 0 radical (unpaired) electrons. The molecule has 0 unspecified atom stereocenters. The van der Waals surface area contributed by atoms with Gasteiger partial charge < -0.3 is 4.90 Å². The summed E-state index contributed by atoms with van der Waals surface area (Å²) in [5, 5.41) is 6.17. The molecule has 2 aromatic carbocycles. The van der Waals surface area contributed by atoms with Gasteiger partial charge in [0.2, 0.25) is 10.7 Å². The van der Waals surface area contributed by atoms with Crippen LogP contribution in [0.4, 0.5) is 5.95 Å². The van der Waals surface area contributed by atoms with Crippen molar-refractivity contribution in [2.75, 3.05) is 31.1 Å². The predicted molar refractivity (Wildman–Crippen MR) is 152 cm³/mol. The molecular weight excluding hydrogens is 525 g/mol. The summed E-state index contributed by atoms with van der Waals surface area (Å²) in [4.78, 5) is 13.3. The highest BCUT2D eigenvalue weighted by molar-refractivity contribution is 7.71. The van der Waals surface area contributed by atoms with Crippen LogP contribution in [0.25, 0.3) is 17.1 Å². The van der Waals surface area contributed by atoms with Gasteiger partial charge in [-0.1, -0.05) is 55.2 Å². The van der Waals surface area contributed by atoms with E-state index in [-0.39, 0.29) is 0 Å². The fraction of sp³-hybridized carbons (Fsp3) is 0.333. The first-order valence-corrected chi connectivity index (χ1v) is 13.7. The molecule has 10 heteroatoms. The number of nitrogens with zero attached hydrogens (tertiary/aromatic N) is 7. The molecule has 0 amide bonds. The Morgan fingerprint density at radius 1 is 0.892 bits per heavy atom. The number of halogens is 2. The summed E-state index contributed by atoms with van der Waals surface area (Å²) in [6.45, 7) is 8.31. The molecule has 0 saturated carbocycles. The number of aryl methyl sites for hydroxylation is 2. The zero-order valence-electron chi connectivity index (χ0n) is 20.9. The van der Waals surface area contributed by atoms with Crippen molar-refractivity contribution in [3.8, 4) is 17.1 Å². The first kappa shape index (κ1) is 25.9. The van der Waals surface area contributed by atoms with E-state index in [4.69, 9.17) is 40.5 Å². The van der Waals surface area contributed by atoms with Gasteiger partial charge in [-0.05, 0) is 60.5 Å². The Morgan fingerprint density at radius 2 is 1.57 bits per heavy atom. The summed E-state index contributed by atoms with van der Waals surface area (Å²) in [5.74, 6) is 1.49. The lowest BCUT2D eigenvalue weighted by molar-refractivity contribution is 0.193. The normalized spacial score (nSPS) is 14.3. The van der Waals surface area contributed by atoms with E-state index in [0.29, 0.717) is 21.5 Å². The number of para-hydroxylation sites is 1. The largest absolute Gasteiger partial charge is 0.338 e. The van der Waals surface area contributed by atoms with Gasteiger partial charge in [-0.2, -0.15) is 0 Å². The lowest BCUT2D eigenvalue weighted by Crippen LogP contribution is -2.47. The van der Waals surface area contributed by atoms with Gasteiger partial charge in [0.1, 0.15) is 0 Å². The molecule has 2 aromatic heterocycles. The van der Waals surface area contributed by atoms with Gasteiger partial charge in [-0.3, -0.25) is 9.47 Å². The average Bonchev–Trinajstić information content (AvgIpc) is 3.23. The van der Waals surface area contributed by atoms with E-state index in [9.17, 15) is 0 Å². The third kappa shape index (κ3) is 5.29. The molecule has 0 aliphatic carbocycles. The molecule has 1 aliphatic heterocycles. The van der Waals surface area contributed by atoms with Crippen molar-refractivity contribution in [3.63, 3.8) is 0 Å². The van der Waals surface area contributed by atoms with Crippen LogP contribution in [0.5, 0.6) is 0 Å². The molecule has 0 bridgehead atoms. The summed E-state index contributed by atoms with van der Waals surface area (Å²) in [6, 6.07) is 13.8. The molecule has 1 aliphatic rings. The first-order chi connectivity index (χ1) is 18.0. The third-order valence-electron chi connectivity index (χ3n) is 6.74. The van der Waals surface area contributed by atoms with Crippen LogP contribution in [0, 0.1) is 4.77 Å². The SMILES string of the molecule is CCc1cccc(CC)c1-n1c(-c2ccc(Cl)cc2Cl)nn(CN2CCN(c3ncccn3)CC2)c1=S. The fourth-order valence-electron chi connectivity index (χ4n) is 4.78. The maximum atomic E-state index is 6.69. The Hall–Kier alpha value is -2.78. The van der Waals surface area contributed by atoms with E-state index in [1.54, 1.807) is 18.5 Å². The van der Waals surface area contributed by atoms with Crippen molar-refractivity contribution < 1.29 is 0 Å². The Kier molecular flexibility index (Phi) is 7.90. The minimum atomic E-state index is 0.546. The lowest BCUT2D eigenvalue weighted by Gasteiger charge is -2.34. The average molecular weight is 555 g/mol. The Bertz CT molecular complexity index is 1420. The van der Waals surface area contributed by atoms with Crippen molar-refractivity contribution in [1.29, 1.82) is 0 Å². The van der Waals surface area contributed by atoms with E-state index >= 15 is 0 Å². The van der Waals surface area contributed by atoms with Crippen LogP contribution in [-0.4, -0.2) is 55.4 Å². The minimum absolute atomic E-state index is 0.546. The number of hydrogen-bond donors (Lipinski definition) is 0. The van der Waals surface area contributed by atoms with Gasteiger partial charge in [0, 0.05) is 49.2 Å². The summed E-state index contributed by atoms with van der Waals surface area (Å²) in [7, 11) is 0. The van der Waals surface area contributed by atoms with Gasteiger partial charge in [0.15, 0.2) is 5.82 Å². The fourth-order valence-corrected chi connectivity index (χ4v) is 5.55. The van der Waals surface area contributed by atoms with Gasteiger partial charge >= 0.3 is 0 Å². The van der Waals surface area contributed by atoms with Crippen molar-refractivity contribution in [3.05, 3.63) is 80.8 Å². The molecule has 4 aromatic rings. The number of piperazine rings is 1. The molecule has 1 saturated heterocycles. The second kappa shape index (κ2) is 11.3. The van der Waals surface area contributed by atoms with Crippen LogP contribution in [0.3, 0.4) is 0 Å². The summed E-state index contributed by atoms with van der Waals surface area (Å²) < 4.78 is 4.65. The molecule has 7 nitrogen and oxygen atoms in total. The molecule has 5 rings (SSSR count). The Morgan fingerprint density at radius 3 is 2.19 bits per heavy atom. The van der Waals surface area contributed by atoms with Crippen molar-refractivity contribution in [2.45, 2.75) is 33.4 Å². The number of rotatable bonds is 7. The van der Waals surface area contributed by atoms with E-state index in [2.05, 4.69) is 56.4 Å². The quantitative estimate of drug-likeness (QED) is 0.259. The van der Waals surface area contributed by atoms with Crippen molar-refractivity contribution in [1.82, 2.24) is 29.2 Å². The summed E-state index contributed by atoms with van der Waals surface area (Å²) in [6.07, 6.45) is 5.33. The zero-order chi connectivity index (χ0) is 25.9. The van der Waals surface area contributed by atoms with E-state index < -0.39 is 0 Å². The number of benzene rings is 2. The van der Waals surface area contributed by atoms with Crippen LogP contribution in [-0.2, 0) is 19.5 Å². The highest BCUT2D eigenvalue weighted by atomic mass is 35.5. The number of aromatic nitrogens is 5. The van der Waals surface area contributed by atoms with Gasteiger partial charge in [0.05, 0.1) is 17.4 Å². The van der Waals surface area contributed by atoms with Gasteiger partial charge in [0.25, 0.3) is 0 Å². The third-order valence-corrected chi connectivity index (χ3v) is 7.68. The van der Waals surface area contributed by atoms with E-state index in [1.807, 2.05) is 22.9 Å². The monoisotopic (exact) mass is 553 g/mol. The van der Waals surface area contributed by atoms with Crippen molar-refractivity contribution in [2.24, 2.45) is 0 Å². The maximum Gasteiger partial charge on any atom is 0.225 e. The van der Waals surface area contributed by atoms with Crippen LogP contribution >= 0.6 is 35.4 Å². The second-order valence-corrected chi connectivity index (χ2v) is 10.2. The summed E-state index contributed by atoms with van der Waals surface area (Å²) >= 11 is 19.0. The molecule has 0 atom stereocenters. The van der Waals surface area contributed by atoms with Crippen LogP contribution in [0.15, 0.2) is 54.9 Å². The Balaban J connectivity index is 1.53. The smallest absolute Gasteiger partial charge is 0.225 e. The van der Waals surface area contributed by atoms with Crippen LogP contribution in [0.2, 0.25) is 10.0 Å².